The van der Waals surface area contributed by atoms with E-state index >= 15 is 0 Å². The zero-order chi connectivity index (χ0) is 45.6. The molecule has 4 nitrogen and oxygen atoms in total. The van der Waals surface area contributed by atoms with Crippen LogP contribution in [0.25, 0.3) is 0 Å². The Morgan fingerprint density at radius 3 is 0.828 bits per heavy atom. The van der Waals surface area contributed by atoms with Gasteiger partial charge in [0.25, 0.3) is 0 Å². The summed E-state index contributed by atoms with van der Waals surface area (Å²) in [5.74, 6) is 2.23. The third-order valence-corrected chi connectivity index (χ3v) is 15.0. The van der Waals surface area contributed by atoms with Crippen LogP contribution in [0.15, 0.2) is 0 Å². The van der Waals surface area contributed by atoms with E-state index < -0.39 is 5.97 Å². The average molecular weight is 929 g/mol. The summed E-state index contributed by atoms with van der Waals surface area (Å²) in [4.78, 5) is 25.2. The molecule has 0 aliphatic carbocycles. The molecule has 0 aromatic heterocycles. The van der Waals surface area contributed by atoms with E-state index in [4.69, 9.17) is 0 Å². The van der Waals surface area contributed by atoms with E-state index in [0.29, 0.717) is 5.91 Å². The Morgan fingerprint density at radius 2 is 0.562 bits per heavy atom. The second-order valence-corrected chi connectivity index (χ2v) is 21.3. The zero-order valence-electron chi connectivity index (χ0n) is 44.3. The minimum absolute atomic E-state index is 0. The fraction of sp³-hybridized carbons (Fsp3) is 0.966. The Labute approximate surface area is 429 Å². The molecule has 0 saturated heterocycles. The number of amides is 1. The maximum atomic E-state index is 12.7. The van der Waals surface area contributed by atoms with Gasteiger partial charge < -0.3 is 14.8 Å². The number of unbranched alkanes of at least 4 members (excludes halogenated alkanes) is 45. The molecule has 0 aromatic carbocycles. The van der Waals surface area contributed by atoms with E-state index in [9.17, 15) is 14.7 Å². The summed E-state index contributed by atoms with van der Waals surface area (Å²) < 4.78 is 0. The first-order valence-corrected chi connectivity index (χ1v) is 30.3. The van der Waals surface area contributed by atoms with Crippen LogP contribution >= 0.6 is 11.8 Å². The van der Waals surface area contributed by atoms with Crippen molar-refractivity contribution in [3.63, 3.8) is 0 Å². The van der Waals surface area contributed by atoms with Crippen LogP contribution in [0.3, 0.4) is 0 Å². The number of carbonyl (C=O) groups is 2. The van der Waals surface area contributed by atoms with Gasteiger partial charge in [-0.2, -0.15) is 11.8 Å². The van der Waals surface area contributed by atoms with E-state index in [1.165, 1.54) is 288 Å². The van der Waals surface area contributed by atoms with Crippen LogP contribution in [-0.4, -0.2) is 41.4 Å². The van der Waals surface area contributed by atoms with Crippen molar-refractivity contribution in [2.24, 2.45) is 0 Å². The van der Waals surface area contributed by atoms with Gasteiger partial charge in [0.05, 0.1) is 0 Å². The first-order valence-electron chi connectivity index (χ1n) is 29.2. The summed E-state index contributed by atoms with van der Waals surface area (Å²) in [7, 11) is 0. The Balaban J connectivity index is 0. The monoisotopic (exact) mass is 928 g/mol. The fourth-order valence-electron chi connectivity index (χ4n) is 9.47. The largest absolute Gasteiger partial charge is 1.00 e. The number of thioether (sulfide) groups is 1. The molecule has 1 amide bonds. The molecule has 0 spiro atoms. The number of carboxylic acid groups (broad SMARTS) is 1. The maximum absolute atomic E-state index is 12.7. The summed E-state index contributed by atoms with van der Waals surface area (Å²) in [6, 6.07) is 0. The standard InChI is InChI=1S/C58H115NO3S.Na/c1-3-5-6-7-8-9-35-40-45-50-55-63-56-51-46-41-36-31-29-27-25-23-21-19-17-15-13-11-10-12-14-16-18-20-22-24-26-28-30-32-37-42-47-52-57(60)59(4-2)54-49-44-39-34-33-38-43-48-53-58(61)62;/h3-56H2,1-2H3,(H,61,62);/q;+1/p-1. The van der Waals surface area contributed by atoms with Gasteiger partial charge in [0.2, 0.25) is 5.91 Å². The van der Waals surface area contributed by atoms with Crippen LogP contribution in [0.5, 0.6) is 0 Å². The Bertz CT molecular complexity index is 890. The smallest absolute Gasteiger partial charge is 0.550 e. The van der Waals surface area contributed by atoms with Gasteiger partial charge in [-0.05, 0) is 57.0 Å². The number of carboxylic acids is 1. The predicted octanol–water partition coefficient (Wildman–Crippen LogP) is 15.8. The summed E-state index contributed by atoms with van der Waals surface area (Å²) in [6.45, 7) is 6.15. The minimum Gasteiger partial charge on any atom is -0.550 e. The SMILES string of the molecule is CCCCCCCCCCCCSCCCCCCCCCCCCCCCCCCCCCCCCCCCCCCCCC(=O)N(CC)CCCCCCCCCCC(=O)[O-].[Na+]. The van der Waals surface area contributed by atoms with Gasteiger partial charge in [0.1, 0.15) is 0 Å². The third kappa shape index (κ3) is 56.6. The molecule has 0 bridgehead atoms. The van der Waals surface area contributed by atoms with Gasteiger partial charge >= 0.3 is 29.6 Å². The zero-order valence-corrected chi connectivity index (χ0v) is 47.1. The van der Waals surface area contributed by atoms with Crippen molar-refractivity contribution in [3.8, 4) is 0 Å². The molecule has 376 valence electrons. The van der Waals surface area contributed by atoms with Crippen LogP contribution in [0.1, 0.15) is 335 Å². The van der Waals surface area contributed by atoms with Crippen LogP contribution in [0.4, 0.5) is 0 Å². The van der Waals surface area contributed by atoms with Crippen molar-refractivity contribution < 1.29 is 44.3 Å². The first-order chi connectivity index (χ1) is 31.1. The molecule has 0 aliphatic rings. The Morgan fingerprint density at radius 1 is 0.328 bits per heavy atom. The summed E-state index contributed by atoms with van der Waals surface area (Å²) in [5.41, 5.74) is 0. The maximum Gasteiger partial charge on any atom is 1.00 e. The van der Waals surface area contributed by atoms with Crippen molar-refractivity contribution in [2.75, 3.05) is 24.6 Å². The molecule has 0 aliphatic heterocycles. The molecule has 0 atom stereocenters. The molecule has 0 unspecified atom stereocenters. The van der Waals surface area contributed by atoms with Gasteiger partial charge in [-0.3, -0.25) is 4.79 Å². The van der Waals surface area contributed by atoms with Gasteiger partial charge in [-0.15, -0.1) is 0 Å². The molecule has 6 heteroatoms. The van der Waals surface area contributed by atoms with Gasteiger partial charge in [-0.1, -0.05) is 283 Å². The molecule has 0 saturated carbocycles. The Kier molecular flexibility index (Phi) is 61.6. The van der Waals surface area contributed by atoms with Crippen molar-refractivity contribution in [1.82, 2.24) is 4.90 Å². The molecule has 0 heterocycles. The number of rotatable bonds is 56. The van der Waals surface area contributed by atoms with E-state index in [-0.39, 0.29) is 36.0 Å². The van der Waals surface area contributed by atoms with Gasteiger partial charge in [-0.25, -0.2) is 0 Å². The van der Waals surface area contributed by atoms with E-state index in [0.717, 1.165) is 51.6 Å². The molecule has 0 aromatic rings. The van der Waals surface area contributed by atoms with Crippen LogP contribution in [0.2, 0.25) is 0 Å². The molecule has 0 rings (SSSR count). The number of carbonyl (C=O) groups excluding carboxylic acids is 2. The van der Waals surface area contributed by atoms with E-state index in [2.05, 4.69) is 30.5 Å². The molecule has 64 heavy (non-hydrogen) atoms. The number of aliphatic carboxylic acids is 1. The van der Waals surface area contributed by atoms with E-state index in [1.807, 2.05) is 0 Å². The van der Waals surface area contributed by atoms with Crippen molar-refractivity contribution in [2.45, 2.75) is 335 Å². The average Bonchev–Trinajstić information content (AvgIpc) is 3.28. The summed E-state index contributed by atoms with van der Waals surface area (Å²) in [6.07, 6.45) is 66.9. The minimum atomic E-state index is -0.928. The predicted molar refractivity (Wildman–Crippen MR) is 281 cm³/mol. The number of nitrogens with zero attached hydrogens (tertiary/aromatic N) is 1. The Hall–Kier alpha value is 0.290. The van der Waals surface area contributed by atoms with Crippen LogP contribution < -0.4 is 34.7 Å². The number of hydrogen-bond donors (Lipinski definition) is 0. The van der Waals surface area contributed by atoms with E-state index in [1.54, 1.807) is 0 Å². The second-order valence-electron chi connectivity index (χ2n) is 20.1. The molecule has 0 fully saturated rings. The molecule has 0 radical (unpaired) electrons. The topological polar surface area (TPSA) is 60.4 Å². The number of hydrogen-bond acceptors (Lipinski definition) is 4. The molecule has 0 N–H and O–H groups in total. The second kappa shape index (κ2) is 59.4. The molecular formula is C58H114NNaO3S. The van der Waals surface area contributed by atoms with Crippen molar-refractivity contribution >= 4 is 23.6 Å². The molecular weight excluding hydrogens is 814 g/mol. The van der Waals surface area contributed by atoms with Gasteiger partial charge in [0, 0.05) is 25.5 Å². The summed E-state index contributed by atoms with van der Waals surface area (Å²) in [5, 5.41) is 10.5. The first kappa shape index (κ1) is 66.4. The van der Waals surface area contributed by atoms with Crippen molar-refractivity contribution in [1.29, 1.82) is 0 Å². The van der Waals surface area contributed by atoms with Crippen molar-refractivity contribution in [3.05, 3.63) is 0 Å². The quantitative estimate of drug-likeness (QED) is 0.0450. The van der Waals surface area contributed by atoms with Gasteiger partial charge in [0.15, 0.2) is 0 Å². The normalized spacial score (nSPS) is 11.3. The fourth-order valence-corrected chi connectivity index (χ4v) is 10.5. The summed E-state index contributed by atoms with van der Waals surface area (Å²) >= 11 is 2.22. The van der Waals surface area contributed by atoms with Crippen LogP contribution in [-0.2, 0) is 9.59 Å². The van der Waals surface area contributed by atoms with Crippen LogP contribution in [0, 0.1) is 0 Å². The third-order valence-electron chi connectivity index (χ3n) is 13.9.